The molecule has 0 radical (unpaired) electrons. The third kappa shape index (κ3) is 3.19. The van der Waals surface area contributed by atoms with Gasteiger partial charge in [-0.15, -0.1) is 23.7 Å². The molecule has 0 spiro atoms. The van der Waals surface area contributed by atoms with E-state index in [1.165, 1.54) is 35.8 Å². The molecule has 1 aliphatic heterocycles. The van der Waals surface area contributed by atoms with Gasteiger partial charge in [0.15, 0.2) is 0 Å². The minimum absolute atomic E-state index is 0. The molecule has 1 aromatic heterocycles. The summed E-state index contributed by atoms with van der Waals surface area (Å²) in [5.74, 6) is 1.58. The van der Waals surface area contributed by atoms with Crippen LogP contribution >= 0.6 is 23.7 Å². The van der Waals surface area contributed by atoms with Crippen LogP contribution in [-0.2, 0) is 12.0 Å². The molecule has 3 unspecified atom stereocenters. The third-order valence-corrected chi connectivity index (χ3v) is 6.05. The van der Waals surface area contributed by atoms with Gasteiger partial charge in [-0.05, 0) is 30.1 Å². The molecular weight excluding hydrogens is 290 g/mol. The Morgan fingerprint density at radius 1 is 1.35 bits per heavy atom. The molecule has 20 heavy (non-hydrogen) atoms. The first-order valence-corrected chi connectivity index (χ1v) is 8.18. The van der Waals surface area contributed by atoms with Crippen LogP contribution in [0.3, 0.4) is 0 Å². The van der Waals surface area contributed by atoms with E-state index < -0.39 is 0 Å². The van der Waals surface area contributed by atoms with Crippen LogP contribution in [0.2, 0.25) is 0 Å². The van der Waals surface area contributed by atoms with E-state index in [1.54, 1.807) is 0 Å². The van der Waals surface area contributed by atoms with Crippen molar-refractivity contribution < 1.29 is 0 Å². The van der Waals surface area contributed by atoms with Crippen molar-refractivity contribution in [3.8, 4) is 0 Å². The van der Waals surface area contributed by atoms with Crippen molar-refractivity contribution in [1.29, 1.82) is 0 Å². The molecule has 3 rings (SSSR count). The van der Waals surface area contributed by atoms with Gasteiger partial charge in [0.25, 0.3) is 0 Å². The van der Waals surface area contributed by atoms with Gasteiger partial charge >= 0.3 is 0 Å². The van der Waals surface area contributed by atoms with Gasteiger partial charge in [-0.3, -0.25) is 4.90 Å². The molecule has 0 amide bonds. The second-order valence-corrected chi connectivity index (χ2v) is 8.34. The standard InChI is InChI=1S/C15H25N3S.ClH/c1-15(2,3)13-6-17-14(19-13)9-18-7-10-4-5-12(16)11(10)8-18;/h6,10-12H,4-5,7-9,16H2,1-3H3;1H. The fraction of sp³-hybridized carbons (Fsp3) is 0.800. The molecule has 114 valence electrons. The molecular formula is C15H26ClN3S. The SMILES string of the molecule is CC(C)(C)c1cnc(CN2CC3CCC(N)C3C2)s1.Cl. The normalized spacial score (nSPS) is 30.3. The first kappa shape index (κ1) is 16.2. The molecule has 2 fully saturated rings. The highest BCUT2D eigenvalue weighted by Crippen LogP contribution is 2.38. The Morgan fingerprint density at radius 2 is 2.10 bits per heavy atom. The lowest BCUT2D eigenvalue weighted by atomic mass is 9.96. The van der Waals surface area contributed by atoms with Crippen LogP contribution in [-0.4, -0.2) is 29.0 Å². The van der Waals surface area contributed by atoms with Gasteiger partial charge in [0.05, 0.1) is 6.54 Å². The van der Waals surface area contributed by atoms with Crippen molar-refractivity contribution in [3.05, 3.63) is 16.1 Å². The van der Waals surface area contributed by atoms with E-state index in [2.05, 4.69) is 36.9 Å². The molecule has 1 aromatic rings. The number of thiazole rings is 1. The van der Waals surface area contributed by atoms with Crippen LogP contribution in [0.4, 0.5) is 0 Å². The van der Waals surface area contributed by atoms with Crippen LogP contribution in [0, 0.1) is 11.8 Å². The van der Waals surface area contributed by atoms with Crippen molar-refractivity contribution in [3.63, 3.8) is 0 Å². The largest absolute Gasteiger partial charge is 0.327 e. The lowest BCUT2D eigenvalue weighted by Crippen LogP contribution is -2.30. The third-order valence-electron chi connectivity index (χ3n) is 4.64. The Bertz CT molecular complexity index is 454. The number of rotatable bonds is 2. The van der Waals surface area contributed by atoms with E-state index in [4.69, 9.17) is 5.73 Å². The fourth-order valence-electron chi connectivity index (χ4n) is 3.45. The minimum Gasteiger partial charge on any atom is -0.327 e. The van der Waals surface area contributed by atoms with E-state index in [0.29, 0.717) is 6.04 Å². The average molecular weight is 316 g/mol. The maximum absolute atomic E-state index is 6.20. The summed E-state index contributed by atoms with van der Waals surface area (Å²) in [6.07, 6.45) is 4.62. The molecule has 2 heterocycles. The van der Waals surface area contributed by atoms with E-state index in [1.807, 2.05) is 11.3 Å². The van der Waals surface area contributed by atoms with Gasteiger partial charge in [0.1, 0.15) is 5.01 Å². The minimum atomic E-state index is 0. The number of aromatic nitrogens is 1. The monoisotopic (exact) mass is 315 g/mol. The number of hydrogen-bond acceptors (Lipinski definition) is 4. The maximum atomic E-state index is 6.20. The molecule has 1 saturated heterocycles. The highest BCUT2D eigenvalue weighted by molar-refractivity contribution is 7.11. The summed E-state index contributed by atoms with van der Waals surface area (Å²) in [6.45, 7) is 10.2. The predicted octanol–water partition coefficient (Wildman–Crippen LogP) is 3.03. The van der Waals surface area contributed by atoms with E-state index in [9.17, 15) is 0 Å². The summed E-state index contributed by atoms with van der Waals surface area (Å²) in [6, 6.07) is 0.441. The summed E-state index contributed by atoms with van der Waals surface area (Å²) in [7, 11) is 0. The Morgan fingerprint density at radius 3 is 2.70 bits per heavy atom. The average Bonchev–Trinajstić information content (AvgIpc) is 2.97. The van der Waals surface area contributed by atoms with E-state index >= 15 is 0 Å². The van der Waals surface area contributed by atoms with Crippen molar-refractivity contribution >= 4 is 23.7 Å². The molecule has 3 nitrogen and oxygen atoms in total. The van der Waals surface area contributed by atoms with E-state index in [-0.39, 0.29) is 17.8 Å². The number of likely N-dealkylation sites (tertiary alicyclic amines) is 1. The molecule has 3 atom stereocenters. The van der Waals surface area contributed by atoms with Crippen LogP contribution < -0.4 is 5.73 Å². The van der Waals surface area contributed by atoms with Crippen LogP contribution in [0.25, 0.3) is 0 Å². The molecule has 2 aliphatic rings. The Hall–Kier alpha value is -0.160. The Balaban J connectivity index is 0.00000147. The lowest BCUT2D eigenvalue weighted by Gasteiger charge is -2.17. The van der Waals surface area contributed by atoms with Gasteiger partial charge < -0.3 is 5.73 Å². The second kappa shape index (κ2) is 5.91. The molecule has 0 bridgehead atoms. The topological polar surface area (TPSA) is 42.2 Å². The number of halogens is 1. The number of hydrogen-bond donors (Lipinski definition) is 1. The summed E-state index contributed by atoms with van der Waals surface area (Å²) in [5.41, 5.74) is 6.42. The zero-order valence-corrected chi connectivity index (χ0v) is 14.3. The van der Waals surface area contributed by atoms with Crippen molar-refractivity contribution in [1.82, 2.24) is 9.88 Å². The maximum Gasteiger partial charge on any atom is 0.107 e. The first-order valence-electron chi connectivity index (χ1n) is 7.36. The lowest BCUT2D eigenvalue weighted by molar-refractivity contribution is 0.298. The first-order chi connectivity index (χ1) is 8.93. The molecule has 2 N–H and O–H groups in total. The van der Waals surface area contributed by atoms with Gasteiger partial charge in [-0.1, -0.05) is 20.8 Å². The van der Waals surface area contributed by atoms with Crippen LogP contribution in [0.1, 0.15) is 43.5 Å². The van der Waals surface area contributed by atoms with Crippen molar-refractivity contribution in [2.24, 2.45) is 17.6 Å². The molecule has 1 aliphatic carbocycles. The molecule has 5 heteroatoms. The Kier molecular flexibility index (Phi) is 4.80. The molecule has 0 aromatic carbocycles. The number of nitrogens with zero attached hydrogens (tertiary/aromatic N) is 2. The summed E-state index contributed by atoms with van der Waals surface area (Å²) < 4.78 is 0. The highest BCUT2D eigenvalue weighted by Gasteiger charge is 2.40. The van der Waals surface area contributed by atoms with E-state index in [0.717, 1.165) is 18.4 Å². The molecule has 1 saturated carbocycles. The van der Waals surface area contributed by atoms with Crippen molar-refractivity contribution in [2.75, 3.05) is 13.1 Å². The number of nitrogens with two attached hydrogens (primary N) is 1. The highest BCUT2D eigenvalue weighted by atomic mass is 35.5. The summed E-state index contributed by atoms with van der Waals surface area (Å²) in [5, 5.41) is 1.26. The summed E-state index contributed by atoms with van der Waals surface area (Å²) >= 11 is 1.87. The van der Waals surface area contributed by atoms with Crippen LogP contribution in [0.5, 0.6) is 0 Å². The summed E-state index contributed by atoms with van der Waals surface area (Å²) in [4.78, 5) is 8.55. The van der Waals surface area contributed by atoms with Crippen molar-refractivity contribution in [2.45, 2.75) is 51.6 Å². The fourth-order valence-corrected chi connectivity index (χ4v) is 4.47. The van der Waals surface area contributed by atoms with Gasteiger partial charge in [0, 0.05) is 30.2 Å². The van der Waals surface area contributed by atoms with Gasteiger partial charge in [0.2, 0.25) is 0 Å². The van der Waals surface area contributed by atoms with Gasteiger partial charge in [-0.2, -0.15) is 0 Å². The zero-order valence-electron chi connectivity index (χ0n) is 12.6. The number of fused-ring (bicyclic) bond motifs is 1. The zero-order chi connectivity index (χ0) is 13.6. The second-order valence-electron chi connectivity index (χ2n) is 7.23. The van der Waals surface area contributed by atoms with Crippen LogP contribution in [0.15, 0.2) is 6.20 Å². The van der Waals surface area contributed by atoms with Gasteiger partial charge in [-0.25, -0.2) is 4.98 Å². The smallest absolute Gasteiger partial charge is 0.107 e. The predicted molar refractivity (Wildman–Crippen MR) is 87.5 cm³/mol. The Labute approximate surface area is 132 Å². The quantitative estimate of drug-likeness (QED) is 0.912.